The van der Waals surface area contributed by atoms with E-state index >= 15 is 0 Å². The van der Waals surface area contributed by atoms with E-state index in [1.54, 1.807) is 24.4 Å². The first kappa shape index (κ1) is 13.2. The summed E-state index contributed by atoms with van der Waals surface area (Å²) in [5.74, 6) is 0.180. The highest BCUT2D eigenvalue weighted by Gasteiger charge is 2.12. The van der Waals surface area contributed by atoms with Crippen LogP contribution in [0, 0.1) is 0 Å². The van der Waals surface area contributed by atoms with Crippen molar-refractivity contribution in [2.24, 2.45) is 0 Å². The van der Waals surface area contributed by atoms with Crippen LogP contribution in [0.2, 0.25) is 0 Å². The zero-order chi connectivity index (χ0) is 15.6. The highest BCUT2D eigenvalue weighted by atomic mass is 16.4. The molecule has 2 aromatic heterocycles. The van der Waals surface area contributed by atoms with Crippen molar-refractivity contribution in [2.45, 2.75) is 0 Å². The molecule has 7 heteroatoms. The van der Waals surface area contributed by atoms with Crippen LogP contribution in [0.4, 0.5) is 5.69 Å². The van der Waals surface area contributed by atoms with Crippen molar-refractivity contribution in [3.05, 3.63) is 60.6 Å². The number of hydrogen-bond acceptors (Lipinski definition) is 5. The number of carbonyl (C=O) groups excluding carboxylic acids is 1. The number of nitrogens with zero attached hydrogens (tertiary/aromatic N) is 3. The number of benzene rings is 2. The molecule has 1 amide bonds. The number of rotatable bonds is 3. The molecule has 0 unspecified atom stereocenters. The van der Waals surface area contributed by atoms with Crippen LogP contribution in [0.5, 0.6) is 0 Å². The Bertz CT molecular complexity index is 975. The molecule has 2 heterocycles. The molecule has 2 aromatic carbocycles. The van der Waals surface area contributed by atoms with Gasteiger partial charge in [0.05, 0.1) is 17.3 Å². The van der Waals surface area contributed by atoms with Gasteiger partial charge in [0.15, 0.2) is 0 Å². The second-order valence-corrected chi connectivity index (χ2v) is 4.92. The highest BCUT2D eigenvalue weighted by molar-refractivity contribution is 6.11. The monoisotopic (exact) mass is 305 g/mol. The number of nitrogens with one attached hydrogen (secondary N) is 2. The largest absolute Gasteiger partial charge is 0.423 e. The molecule has 0 fully saturated rings. The normalized spacial score (nSPS) is 10.8. The fourth-order valence-electron chi connectivity index (χ4n) is 2.39. The first-order valence-corrected chi connectivity index (χ1v) is 6.91. The molecule has 112 valence electrons. The van der Waals surface area contributed by atoms with Crippen molar-refractivity contribution in [1.82, 2.24) is 20.4 Å². The fourth-order valence-corrected chi connectivity index (χ4v) is 2.39. The van der Waals surface area contributed by atoms with E-state index in [2.05, 4.69) is 25.7 Å². The first-order chi connectivity index (χ1) is 11.3. The van der Waals surface area contributed by atoms with Gasteiger partial charge in [-0.15, -0.1) is 10.2 Å². The molecule has 0 bridgehead atoms. The van der Waals surface area contributed by atoms with Crippen molar-refractivity contribution in [2.75, 3.05) is 5.32 Å². The molecule has 0 saturated carbocycles. The molecular weight excluding hydrogens is 294 g/mol. The molecule has 0 atom stereocenters. The minimum atomic E-state index is -0.220. The molecule has 2 N–H and O–H groups in total. The van der Waals surface area contributed by atoms with Gasteiger partial charge in [-0.25, -0.2) is 0 Å². The highest BCUT2D eigenvalue weighted by Crippen LogP contribution is 2.22. The molecule has 0 radical (unpaired) electrons. The van der Waals surface area contributed by atoms with Gasteiger partial charge in [-0.1, -0.05) is 18.2 Å². The second-order valence-electron chi connectivity index (χ2n) is 4.92. The molecule has 0 aliphatic heterocycles. The Hall–Kier alpha value is -3.48. The lowest BCUT2D eigenvalue weighted by Gasteiger charge is -2.07. The van der Waals surface area contributed by atoms with Crippen molar-refractivity contribution >= 4 is 22.5 Å². The number of aromatic nitrogens is 4. The topological polar surface area (TPSA) is 96.7 Å². The molecule has 4 aromatic rings. The average Bonchev–Trinajstić information content (AvgIpc) is 3.26. The van der Waals surface area contributed by atoms with Crippen LogP contribution in [-0.4, -0.2) is 26.3 Å². The summed E-state index contributed by atoms with van der Waals surface area (Å²) in [6, 6.07) is 12.7. The van der Waals surface area contributed by atoms with E-state index in [4.69, 9.17) is 4.42 Å². The number of carbonyl (C=O) groups is 1. The van der Waals surface area contributed by atoms with Crippen LogP contribution < -0.4 is 5.32 Å². The second kappa shape index (κ2) is 5.38. The summed E-state index contributed by atoms with van der Waals surface area (Å²) in [6.45, 7) is 0. The lowest BCUT2D eigenvalue weighted by molar-refractivity contribution is 0.102. The number of aromatic amines is 1. The maximum absolute atomic E-state index is 12.5. The summed E-state index contributed by atoms with van der Waals surface area (Å²) < 4.78 is 5.16. The number of hydrogen-bond donors (Lipinski definition) is 2. The van der Waals surface area contributed by atoms with Crippen LogP contribution in [0.3, 0.4) is 0 Å². The smallest absolute Gasteiger partial charge is 0.257 e. The Morgan fingerprint density at radius 1 is 1.17 bits per heavy atom. The summed E-state index contributed by atoms with van der Waals surface area (Å²) in [5, 5.41) is 18.1. The van der Waals surface area contributed by atoms with Gasteiger partial charge >= 0.3 is 0 Å². The third-order valence-electron chi connectivity index (χ3n) is 3.45. The molecule has 0 aliphatic carbocycles. The van der Waals surface area contributed by atoms with Gasteiger partial charge in [-0.05, 0) is 24.3 Å². The predicted octanol–water partition coefficient (Wildman–Crippen LogP) is 2.87. The van der Waals surface area contributed by atoms with E-state index in [1.165, 1.54) is 6.39 Å². The van der Waals surface area contributed by atoms with Gasteiger partial charge in [0.25, 0.3) is 5.91 Å². The zero-order valence-corrected chi connectivity index (χ0v) is 11.9. The summed E-state index contributed by atoms with van der Waals surface area (Å²) >= 11 is 0. The standard InChI is InChI=1S/C16H11N5O2/c22-15(13-6-2-4-11-8-17-20-14(11)13)19-12-5-1-3-10(7-12)16-21-18-9-23-16/h1-9H,(H,17,20)(H,19,22). The van der Waals surface area contributed by atoms with E-state index in [-0.39, 0.29) is 5.91 Å². The van der Waals surface area contributed by atoms with E-state index in [1.807, 2.05) is 24.3 Å². The number of H-pyrrole nitrogens is 1. The Labute approximate surface area is 130 Å². The minimum Gasteiger partial charge on any atom is -0.423 e. The minimum absolute atomic E-state index is 0.220. The van der Waals surface area contributed by atoms with Gasteiger partial charge in [0.2, 0.25) is 12.3 Å². The zero-order valence-electron chi connectivity index (χ0n) is 11.9. The Kier molecular flexibility index (Phi) is 3.09. The third kappa shape index (κ3) is 2.44. The van der Waals surface area contributed by atoms with Gasteiger partial charge in [-0.2, -0.15) is 5.10 Å². The fraction of sp³-hybridized carbons (Fsp3) is 0. The van der Waals surface area contributed by atoms with Crippen molar-refractivity contribution in [3.8, 4) is 11.5 Å². The lowest BCUT2D eigenvalue weighted by atomic mass is 10.1. The first-order valence-electron chi connectivity index (χ1n) is 6.91. The predicted molar refractivity (Wildman–Crippen MR) is 83.8 cm³/mol. The van der Waals surface area contributed by atoms with Crippen LogP contribution >= 0.6 is 0 Å². The molecular formula is C16H11N5O2. The summed E-state index contributed by atoms with van der Waals surface area (Å²) in [6.07, 6.45) is 2.95. The van der Waals surface area contributed by atoms with Gasteiger partial charge in [0, 0.05) is 16.6 Å². The number of para-hydroxylation sites is 1. The van der Waals surface area contributed by atoms with Gasteiger partial charge in [0.1, 0.15) is 0 Å². The Morgan fingerprint density at radius 3 is 2.96 bits per heavy atom. The molecule has 0 spiro atoms. The summed E-state index contributed by atoms with van der Waals surface area (Å²) in [4.78, 5) is 12.5. The maximum atomic E-state index is 12.5. The number of amides is 1. The van der Waals surface area contributed by atoms with Crippen molar-refractivity contribution in [3.63, 3.8) is 0 Å². The molecule has 0 saturated heterocycles. The van der Waals surface area contributed by atoms with Crippen LogP contribution in [0.15, 0.2) is 59.5 Å². The van der Waals surface area contributed by atoms with E-state index in [0.29, 0.717) is 22.7 Å². The van der Waals surface area contributed by atoms with Crippen molar-refractivity contribution in [1.29, 1.82) is 0 Å². The molecule has 23 heavy (non-hydrogen) atoms. The Balaban J connectivity index is 1.64. The van der Waals surface area contributed by atoms with E-state index in [0.717, 1.165) is 10.9 Å². The van der Waals surface area contributed by atoms with Crippen molar-refractivity contribution < 1.29 is 9.21 Å². The molecule has 7 nitrogen and oxygen atoms in total. The van der Waals surface area contributed by atoms with Crippen LogP contribution in [0.1, 0.15) is 10.4 Å². The third-order valence-corrected chi connectivity index (χ3v) is 3.45. The van der Waals surface area contributed by atoms with Gasteiger partial charge < -0.3 is 9.73 Å². The lowest BCUT2D eigenvalue weighted by Crippen LogP contribution is -2.12. The average molecular weight is 305 g/mol. The van der Waals surface area contributed by atoms with Gasteiger partial charge in [-0.3, -0.25) is 9.89 Å². The maximum Gasteiger partial charge on any atom is 0.257 e. The summed E-state index contributed by atoms with van der Waals surface area (Å²) in [7, 11) is 0. The van der Waals surface area contributed by atoms with Crippen LogP contribution in [-0.2, 0) is 0 Å². The summed E-state index contributed by atoms with van der Waals surface area (Å²) in [5.41, 5.74) is 2.61. The van der Waals surface area contributed by atoms with E-state index < -0.39 is 0 Å². The molecule has 4 rings (SSSR count). The Morgan fingerprint density at radius 2 is 2.09 bits per heavy atom. The van der Waals surface area contributed by atoms with E-state index in [9.17, 15) is 4.79 Å². The molecule has 0 aliphatic rings. The quantitative estimate of drug-likeness (QED) is 0.606. The van der Waals surface area contributed by atoms with Crippen LogP contribution in [0.25, 0.3) is 22.4 Å². The number of fused-ring (bicyclic) bond motifs is 1. The SMILES string of the molecule is O=C(Nc1cccc(-c2nnco2)c1)c1cccc2cn[nH]c12. The number of anilines is 1.